The highest BCUT2D eigenvalue weighted by atomic mass is 15.1. The van der Waals surface area contributed by atoms with Crippen LogP contribution < -0.4 is 5.32 Å². The van der Waals surface area contributed by atoms with Crippen LogP contribution in [0.25, 0.3) is 5.57 Å². The molecule has 2 aromatic carbocycles. The molecule has 1 nitrogen and oxygen atoms in total. The van der Waals surface area contributed by atoms with Gasteiger partial charge in [0.05, 0.1) is 0 Å². The summed E-state index contributed by atoms with van der Waals surface area (Å²) in [6.45, 7) is 19.6. The summed E-state index contributed by atoms with van der Waals surface area (Å²) in [5.74, 6) is 1.87. The molecule has 0 spiro atoms. The van der Waals surface area contributed by atoms with Crippen LogP contribution in [0.1, 0.15) is 99.1 Å². The van der Waals surface area contributed by atoms with Gasteiger partial charge in [-0.2, -0.15) is 0 Å². The molecular weight excluding hydrogens is 398 g/mol. The molecule has 1 fully saturated rings. The van der Waals surface area contributed by atoms with E-state index < -0.39 is 0 Å². The van der Waals surface area contributed by atoms with E-state index >= 15 is 0 Å². The average molecular weight is 446 g/mol. The molecular formula is C32H47N. The van der Waals surface area contributed by atoms with Crippen molar-refractivity contribution in [2.24, 2.45) is 11.8 Å². The molecule has 1 saturated heterocycles. The van der Waals surface area contributed by atoms with Gasteiger partial charge in [0.25, 0.3) is 0 Å². The fourth-order valence-electron chi connectivity index (χ4n) is 5.67. The van der Waals surface area contributed by atoms with Gasteiger partial charge in [-0.1, -0.05) is 95.5 Å². The molecule has 180 valence electrons. The van der Waals surface area contributed by atoms with Crippen LogP contribution >= 0.6 is 0 Å². The number of rotatable bonds is 13. The number of aryl methyl sites for hydroxylation is 3. The molecule has 2 aromatic rings. The first-order valence-electron chi connectivity index (χ1n) is 13.5. The van der Waals surface area contributed by atoms with Gasteiger partial charge in [0.1, 0.15) is 0 Å². The van der Waals surface area contributed by atoms with E-state index in [1.165, 1.54) is 67.3 Å². The summed E-state index contributed by atoms with van der Waals surface area (Å²) in [4.78, 5) is 0. The first-order valence-corrected chi connectivity index (χ1v) is 13.5. The van der Waals surface area contributed by atoms with Crippen LogP contribution in [0.15, 0.2) is 43.0 Å². The van der Waals surface area contributed by atoms with Crippen molar-refractivity contribution in [3.05, 3.63) is 76.4 Å². The van der Waals surface area contributed by atoms with E-state index in [1.54, 1.807) is 16.7 Å². The zero-order valence-corrected chi connectivity index (χ0v) is 22.1. The summed E-state index contributed by atoms with van der Waals surface area (Å²) < 4.78 is 0. The number of hydrogen-bond acceptors (Lipinski definition) is 1. The second-order valence-electron chi connectivity index (χ2n) is 10.7. The fraction of sp³-hybridized carbons (Fsp3) is 0.562. The van der Waals surface area contributed by atoms with Crippen LogP contribution in [0, 0.1) is 25.7 Å². The lowest BCUT2D eigenvalue weighted by Gasteiger charge is -2.25. The van der Waals surface area contributed by atoms with Crippen molar-refractivity contribution < 1.29 is 0 Å². The third-order valence-corrected chi connectivity index (χ3v) is 7.94. The number of unbranched alkanes of at least 4 members (excludes halogenated alkanes) is 1. The normalized spacial score (nSPS) is 18.1. The Morgan fingerprint density at radius 3 is 2.42 bits per heavy atom. The lowest BCUT2D eigenvalue weighted by Crippen LogP contribution is -2.13. The van der Waals surface area contributed by atoms with Gasteiger partial charge in [-0.15, -0.1) is 0 Å². The molecule has 0 amide bonds. The molecule has 4 atom stereocenters. The summed E-state index contributed by atoms with van der Waals surface area (Å²) in [7, 11) is 0. The minimum absolute atomic E-state index is 0.429. The standard InChI is InChI=1S/C32H47N/c1-8-10-12-23(4)32-28(17-16-27(9-2)31-21-33-31)13-11-14-29(32)20-24(5)26(7)30-18-15-22(3)19-25(30)6/h11,13-15,18-19,23-24,27,31,33H,7-10,12,16-17,20-21H2,1-6H3. The fourth-order valence-corrected chi connectivity index (χ4v) is 5.67. The third kappa shape index (κ3) is 6.82. The molecule has 1 N–H and O–H groups in total. The van der Waals surface area contributed by atoms with E-state index in [0.29, 0.717) is 11.8 Å². The number of benzene rings is 2. The molecule has 1 heteroatoms. The second kappa shape index (κ2) is 12.0. The van der Waals surface area contributed by atoms with Crippen LogP contribution in [0.4, 0.5) is 0 Å². The maximum atomic E-state index is 4.55. The molecule has 1 heterocycles. The van der Waals surface area contributed by atoms with Crippen molar-refractivity contribution in [3.8, 4) is 0 Å². The van der Waals surface area contributed by atoms with Gasteiger partial charge in [-0.3, -0.25) is 0 Å². The van der Waals surface area contributed by atoms with Crippen LogP contribution in [-0.2, 0) is 12.8 Å². The first-order chi connectivity index (χ1) is 15.8. The van der Waals surface area contributed by atoms with E-state index in [-0.39, 0.29) is 0 Å². The third-order valence-electron chi connectivity index (χ3n) is 7.94. The Hall–Kier alpha value is -1.86. The number of hydrogen-bond donors (Lipinski definition) is 1. The van der Waals surface area contributed by atoms with Crippen LogP contribution in [0.2, 0.25) is 0 Å². The van der Waals surface area contributed by atoms with Gasteiger partial charge in [0.2, 0.25) is 0 Å². The van der Waals surface area contributed by atoms with E-state index in [2.05, 4.69) is 89.8 Å². The predicted octanol–water partition coefficient (Wildman–Crippen LogP) is 8.42. The van der Waals surface area contributed by atoms with Crippen LogP contribution in [0.3, 0.4) is 0 Å². The van der Waals surface area contributed by atoms with Gasteiger partial charge in [0, 0.05) is 12.6 Å². The van der Waals surface area contributed by atoms with Crippen molar-refractivity contribution in [3.63, 3.8) is 0 Å². The van der Waals surface area contributed by atoms with Crippen LogP contribution in [-0.4, -0.2) is 12.6 Å². The summed E-state index contributed by atoms with van der Waals surface area (Å²) in [6, 6.07) is 14.7. The molecule has 1 aliphatic heterocycles. The Labute approximate surface area is 204 Å². The minimum atomic E-state index is 0.429. The second-order valence-corrected chi connectivity index (χ2v) is 10.7. The SMILES string of the molecule is C=C(c1ccc(C)cc1C)C(C)Cc1cccc(CCC(CC)C2CN2)c1C(C)CCCC. The zero-order chi connectivity index (χ0) is 24.0. The van der Waals surface area contributed by atoms with E-state index in [0.717, 1.165) is 18.4 Å². The number of allylic oxidation sites excluding steroid dienone is 1. The summed E-state index contributed by atoms with van der Waals surface area (Å²) >= 11 is 0. The average Bonchev–Trinajstić information content (AvgIpc) is 3.63. The Morgan fingerprint density at radius 2 is 1.79 bits per heavy atom. The molecule has 3 rings (SSSR count). The lowest BCUT2D eigenvalue weighted by molar-refractivity contribution is 0.459. The molecule has 0 aliphatic carbocycles. The maximum absolute atomic E-state index is 4.55. The Morgan fingerprint density at radius 1 is 1.06 bits per heavy atom. The Kier molecular flexibility index (Phi) is 9.38. The smallest absolute Gasteiger partial charge is 0.0221 e. The van der Waals surface area contributed by atoms with Crippen LogP contribution in [0.5, 0.6) is 0 Å². The van der Waals surface area contributed by atoms with E-state index in [9.17, 15) is 0 Å². The van der Waals surface area contributed by atoms with Crippen molar-refractivity contribution >= 4 is 5.57 Å². The van der Waals surface area contributed by atoms with Gasteiger partial charge in [-0.05, 0) is 90.7 Å². The highest BCUT2D eigenvalue weighted by molar-refractivity contribution is 5.68. The minimum Gasteiger partial charge on any atom is -0.311 e. The topological polar surface area (TPSA) is 21.9 Å². The van der Waals surface area contributed by atoms with Crippen molar-refractivity contribution in [2.75, 3.05) is 6.54 Å². The summed E-state index contributed by atoms with van der Waals surface area (Å²) in [5.41, 5.74) is 10.1. The maximum Gasteiger partial charge on any atom is 0.0221 e. The first kappa shape index (κ1) is 25.8. The van der Waals surface area contributed by atoms with Gasteiger partial charge < -0.3 is 5.32 Å². The number of nitrogens with one attached hydrogen (secondary N) is 1. The van der Waals surface area contributed by atoms with Crippen molar-refractivity contribution in [1.29, 1.82) is 0 Å². The summed E-state index contributed by atoms with van der Waals surface area (Å²) in [5, 5.41) is 3.55. The van der Waals surface area contributed by atoms with Gasteiger partial charge in [-0.25, -0.2) is 0 Å². The Balaban J connectivity index is 1.83. The molecule has 0 saturated carbocycles. The molecule has 33 heavy (non-hydrogen) atoms. The molecule has 0 aromatic heterocycles. The van der Waals surface area contributed by atoms with Crippen molar-refractivity contribution in [2.45, 2.75) is 98.4 Å². The highest BCUT2D eigenvalue weighted by Gasteiger charge is 2.29. The van der Waals surface area contributed by atoms with E-state index in [4.69, 9.17) is 0 Å². The lowest BCUT2D eigenvalue weighted by atomic mass is 9.80. The molecule has 0 bridgehead atoms. The quantitative estimate of drug-likeness (QED) is 0.307. The van der Waals surface area contributed by atoms with Gasteiger partial charge in [0.15, 0.2) is 0 Å². The molecule has 4 unspecified atom stereocenters. The summed E-state index contributed by atoms with van der Waals surface area (Å²) in [6.07, 6.45) is 8.74. The Bertz CT molecular complexity index is 920. The molecule has 1 aliphatic rings. The molecule has 0 radical (unpaired) electrons. The van der Waals surface area contributed by atoms with Gasteiger partial charge >= 0.3 is 0 Å². The largest absolute Gasteiger partial charge is 0.311 e. The highest BCUT2D eigenvalue weighted by Crippen LogP contribution is 2.35. The van der Waals surface area contributed by atoms with Crippen molar-refractivity contribution in [1.82, 2.24) is 5.32 Å². The van der Waals surface area contributed by atoms with E-state index in [1.807, 2.05) is 0 Å². The zero-order valence-electron chi connectivity index (χ0n) is 22.1. The predicted molar refractivity (Wildman–Crippen MR) is 146 cm³/mol. The monoisotopic (exact) mass is 445 g/mol.